The van der Waals surface area contributed by atoms with E-state index < -0.39 is 14.4 Å². The molecular weight excluding hydrogens is 125 g/mol. The first-order valence-corrected chi connectivity index (χ1v) is 6.17. The summed E-state index contributed by atoms with van der Waals surface area (Å²) in [5, 5.41) is 2.77. The fourth-order valence-electron chi connectivity index (χ4n) is 0.996. The minimum atomic E-state index is -0.500. The van der Waals surface area contributed by atoms with E-state index in [1.807, 2.05) is 0 Å². The third kappa shape index (κ3) is 4.96. The third-order valence-electron chi connectivity index (χ3n) is 1.55. The number of hydrogen-bond acceptors (Lipinski definition) is 1. The first kappa shape index (κ1) is 9.49. The van der Waals surface area contributed by atoms with Crippen molar-refractivity contribution < 1.29 is 0 Å². The Labute approximate surface area is 63.4 Å². The average Bonchev–Trinajstić information content (AvgIpc) is 1.82. The number of nitrogens with one attached hydrogen (secondary N) is 1. The van der Waals surface area contributed by atoms with Crippen LogP contribution in [-0.2, 0) is 0 Å². The first-order valence-electron chi connectivity index (χ1n) is 3.96. The standard InChI is InChI=1S/C3H8N.2C2H5.Al/c1-3(2)4;2*1-2;/h3-4H,1-2H3;2*1H2,2H3;/q-1;;;+1. The maximum absolute atomic E-state index is 3.62. The SMILES string of the molecule is C[CH2][Al]([CH2]C)[NH]C(C)C. The zero-order valence-corrected chi connectivity index (χ0v) is 8.22. The molecule has 9 heavy (non-hydrogen) atoms. The molecule has 0 unspecified atom stereocenters. The van der Waals surface area contributed by atoms with Crippen molar-refractivity contribution in [3.05, 3.63) is 0 Å². The van der Waals surface area contributed by atoms with Crippen LogP contribution < -0.4 is 4.30 Å². The molecule has 0 aromatic rings. The molecule has 0 radical (unpaired) electrons. The van der Waals surface area contributed by atoms with E-state index in [1.165, 1.54) is 10.6 Å². The lowest BCUT2D eigenvalue weighted by Gasteiger charge is -2.12. The third-order valence-corrected chi connectivity index (χ3v) is 4.66. The van der Waals surface area contributed by atoms with Crippen molar-refractivity contribution in [3.63, 3.8) is 0 Å². The van der Waals surface area contributed by atoms with Crippen molar-refractivity contribution >= 4 is 14.4 Å². The minimum absolute atomic E-state index is 0.500. The lowest BCUT2D eigenvalue weighted by Crippen LogP contribution is -2.37. The molecular formula is C7H18AlN. The average molecular weight is 143 g/mol. The highest BCUT2D eigenvalue weighted by Gasteiger charge is 2.12. The Morgan fingerprint density at radius 2 is 1.67 bits per heavy atom. The van der Waals surface area contributed by atoms with Crippen molar-refractivity contribution in [2.24, 2.45) is 0 Å². The van der Waals surface area contributed by atoms with Crippen molar-refractivity contribution in [3.8, 4) is 0 Å². The van der Waals surface area contributed by atoms with Crippen LogP contribution in [0.5, 0.6) is 0 Å². The van der Waals surface area contributed by atoms with Gasteiger partial charge < -0.3 is 4.30 Å². The number of rotatable bonds is 4. The van der Waals surface area contributed by atoms with Crippen LogP contribution in [0.2, 0.25) is 10.6 Å². The van der Waals surface area contributed by atoms with Crippen LogP contribution in [0.25, 0.3) is 0 Å². The van der Waals surface area contributed by atoms with Gasteiger partial charge in [0, 0.05) is 0 Å². The Balaban J connectivity index is 3.31. The van der Waals surface area contributed by atoms with Gasteiger partial charge >= 0.3 is 14.4 Å². The van der Waals surface area contributed by atoms with E-state index >= 15 is 0 Å². The van der Waals surface area contributed by atoms with E-state index in [-0.39, 0.29) is 0 Å². The van der Waals surface area contributed by atoms with Gasteiger partial charge in [0.1, 0.15) is 0 Å². The summed E-state index contributed by atoms with van der Waals surface area (Å²) in [6, 6.07) is 0.696. The van der Waals surface area contributed by atoms with Crippen molar-refractivity contribution in [2.45, 2.75) is 44.3 Å². The predicted octanol–water partition coefficient (Wildman–Crippen LogP) is 2.02. The van der Waals surface area contributed by atoms with Gasteiger partial charge in [0.05, 0.1) is 0 Å². The fourth-order valence-corrected chi connectivity index (χ4v) is 2.99. The zero-order chi connectivity index (χ0) is 7.28. The highest BCUT2D eigenvalue weighted by molar-refractivity contribution is 6.55. The maximum Gasteiger partial charge on any atom is 0.369 e. The van der Waals surface area contributed by atoms with Gasteiger partial charge in [0.15, 0.2) is 0 Å². The molecule has 0 saturated carbocycles. The number of hydrogen-bond donors (Lipinski definition) is 1. The Morgan fingerprint density at radius 3 is 1.78 bits per heavy atom. The van der Waals surface area contributed by atoms with Gasteiger partial charge in [0.2, 0.25) is 0 Å². The lowest BCUT2D eigenvalue weighted by atomic mass is 10.4. The van der Waals surface area contributed by atoms with Crippen LogP contribution in [0.4, 0.5) is 0 Å². The second-order valence-electron chi connectivity index (χ2n) is 2.83. The highest BCUT2D eigenvalue weighted by Crippen LogP contribution is 1.94. The van der Waals surface area contributed by atoms with Gasteiger partial charge in [-0.15, -0.1) is 0 Å². The van der Waals surface area contributed by atoms with Crippen molar-refractivity contribution in [1.82, 2.24) is 4.30 Å². The van der Waals surface area contributed by atoms with Crippen LogP contribution in [0, 0.1) is 0 Å². The molecule has 54 valence electrons. The van der Waals surface area contributed by atoms with E-state index in [0.29, 0.717) is 6.04 Å². The summed E-state index contributed by atoms with van der Waals surface area (Å²) in [6.45, 7) is 9.03. The predicted molar refractivity (Wildman–Crippen MR) is 45.0 cm³/mol. The van der Waals surface area contributed by atoms with Crippen LogP contribution in [-0.4, -0.2) is 20.4 Å². The van der Waals surface area contributed by atoms with Gasteiger partial charge in [-0.25, -0.2) is 0 Å². The molecule has 1 N–H and O–H groups in total. The largest absolute Gasteiger partial charge is 0.396 e. The van der Waals surface area contributed by atoms with Crippen LogP contribution in [0.1, 0.15) is 27.7 Å². The van der Waals surface area contributed by atoms with E-state index in [0.717, 1.165) is 0 Å². The second kappa shape index (κ2) is 5.29. The normalized spacial score (nSPS) is 10.3. The molecule has 0 aliphatic heterocycles. The second-order valence-corrected chi connectivity index (χ2v) is 6.19. The minimum Gasteiger partial charge on any atom is -0.396 e. The first-order chi connectivity index (χ1) is 4.20. The zero-order valence-electron chi connectivity index (χ0n) is 7.07. The Bertz CT molecular complexity index is 59.9. The van der Waals surface area contributed by atoms with Crippen molar-refractivity contribution in [1.29, 1.82) is 0 Å². The maximum atomic E-state index is 3.62. The smallest absolute Gasteiger partial charge is 0.369 e. The molecule has 0 atom stereocenters. The molecule has 0 bridgehead atoms. The molecule has 0 fully saturated rings. The molecule has 0 saturated heterocycles. The summed E-state index contributed by atoms with van der Waals surface area (Å²) in [6.07, 6.45) is 0. The quantitative estimate of drug-likeness (QED) is 0.594. The summed E-state index contributed by atoms with van der Waals surface area (Å²) in [5.41, 5.74) is 0. The van der Waals surface area contributed by atoms with Crippen LogP contribution in [0.15, 0.2) is 0 Å². The lowest BCUT2D eigenvalue weighted by molar-refractivity contribution is 0.737. The molecule has 0 aliphatic rings. The van der Waals surface area contributed by atoms with Gasteiger partial charge in [-0.05, 0) is 6.04 Å². The molecule has 1 nitrogen and oxygen atoms in total. The molecule has 0 heterocycles. The highest BCUT2D eigenvalue weighted by atomic mass is 27.2. The van der Waals surface area contributed by atoms with Crippen LogP contribution in [0.3, 0.4) is 0 Å². The Kier molecular flexibility index (Phi) is 5.58. The monoisotopic (exact) mass is 143 g/mol. The summed E-state index contributed by atoms with van der Waals surface area (Å²) < 4.78 is 3.62. The van der Waals surface area contributed by atoms with Gasteiger partial charge in [-0.3, -0.25) is 0 Å². The summed E-state index contributed by atoms with van der Waals surface area (Å²) in [5.74, 6) is 0. The summed E-state index contributed by atoms with van der Waals surface area (Å²) in [4.78, 5) is 0. The Hall–Kier alpha value is 0.492. The topological polar surface area (TPSA) is 12.0 Å². The van der Waals surface area contributed by atoms with E-state index in [2.05, 4.69) is 32.0 Å². The van der Waals surface area contributed by atoms with E-state index in [9.17, 15) is 0 Å². The molecule has 0 aromatic carbocycles. The summed E-state index contributed by atoms with van der Waals surface area (Å²) in [7, 11) is 0. The van der Waals surface area contributed by atoms with Crippen molar-refractivity contribution in [2.75, 3.05) is 0 Å². The Morgan fingerprint density at radius 1 is 1.22 bits per heavy atom. The van der Waals surface area contributed by atoms with E-state index in [1.54, 1.807) is 0 Å². The summed E-state index contributed by atoms with van der Waals surface area (Å²) >= 11 is -0.500. The van der Waals surface area contributed by atoms with Gasteiger partial charge in [0.25, 0.3) is 0 Å². The molecule has 0 rings (SSSR count). The molecule has 0 spiro atoms. The van der Waals surface area contributed by atoms with Gasteiger partial charge in [-0.2, -0.15) is 0 Å². The van der Waals surface area contributed by atoms with Gasteiger partial charge in [-0.1, -0.05) is 38.3 Å². The fraction of sp³-hybridized carbons (Fsp3) is 1.00. The molecule has 0 aromatic heterocycles. The molecule has 0 amide bonds. The van der Waals surface area contributed by atoms with Crippen LogP contribution >= 0.6 is 0 Å². The van der Waals surface area contributed by atoms with E-state index in [4.69, 9.17) is 0 Å². The molecule has 2 heteroatoms. The molecule has 0 aliphatic carbocycles.